The molecule has 0 aliphatic carbocycles. The van der Waals surface area contributed by atoms with E-state index in [2.05, 4.69) is 17.2 Å². The van der Waals surface area contributed by atoms with Crippen LogP contribution < -0.4 is 14.8 Å². The molecule has 2 aromatic rings. The van der Waals surface area contributed by atoms with Gasteiger partial charge in [-0.2, -0.15) is 0 Å². The number of methoxy groups -OCH3 is 3. The molecule has 0 amide bonds. The molecule has 0 aliphatic rings. The van der Waals surface area contributed by atoms with Crippen LogP contribution in [0.3, 0.4) is 0 Å². The van der Waals surface area contributed by atoms with Crippen LogP contribution in [0, 0.1) is 0 Å². The number of hydrogen-bond donors (Lipinski definition) is 1. The van der Waals surface area contributed by atoms with Crippen LogP contribution in [0.4, 0.5) is 5.13 Å². The first-order valence-electron chi connectivity index (χ1n) is 6.61. The highest BCUT2D eigenvalue weighted by molar-refractivity contribution is 7.14. The molecular formula is C15H20N2O3S. The Labute approximate surface area is 128 Å². The lowest BCUT2D eigenvalue weighted by Crippen LogP contribution is -2.20. The zero-order valence-electron chi connectivity index (χ0n) is 12.7. The first kappa shape index (κ1) is 15.6. The van der Waals surface area contributed by atoms with Gasteiger partial charge in [-0.15, -0.1) is 11.3 Å². The number of hydrogen-bond acceptors (Lipinski definition) is 6. The summed E-state index contributed by atoms with van der Waals surface area (Å²) in [5, 5.41) is 6.18. The van der Waals surface area contributed by atoms with E-state index < -0.39 is 0 Å². The van der Waals surface area contributed by atoms with E-state index in [-0.39, 0.29) is 6.04 Å². The first-order chi connectivity index (χ1) is 10.2. The van der Waals surface area contributed by atoms with Gasteiger partial charge in [0, 0.05) is 30.2 Å². The Morgan fingerprint density at radius 2 is 2.05 bits per heavy atom. The zero-order valence-corrected chi connectivity index (χ0v) is 13.5. The van der Waals surface area contributed by atoms with Gasteiger partial charge in [0.15, 0.2) is 5.13 Å². The van der Waals surface area contributed by atoms with Crippen LogP contribution >= 0.6 is 11.3 Å². The highest BCUT2D eigenvalue weighted by Crippen LogP contribution is 2.34. The minimum Gasteiger partial charge on any atom is -0.497 e. The maximum Gasteiger partial charge on any atom is 0.183 e. The minimum absolute atomic E-state index is 0.215. The summed E-state index contributed by atoms with van der Waals surface area (Å²) in [5.41, 5.74) is 1.83. The van der Waals surface area contributed by atoms with Crippen LogP contribution in [0.5, 0.6) is 11.5 Å². The van der Waals surface area contributed by atoms with Crippen molar-refractivity contribution in [3.8, 4) is 22.8 Å². The molecule has 21 heavy (non-hydrogen) atoms. The molecule has 0 spiro atoms. The Morgan fingerprint density at radius 3 is 2.71 bits per heavy atom. The highest BCUT2D eigenvalue weighted by Gasteiger charge is 2.12. The Hall–Kier alpha value is -1.79. The van der Waals surface area contributed by atoms with Crippen LogP contribution in [0.25, 0.3) is 11.3 Å². The molecule has 6 heteroatoms. The summed E-state index contributed by atoms with van der Waals surface area (Å²) in [6, 6.07) is 5.93. The summed E-state index contributed by atoms with van der Waals surface area (Å²) in [6.07, 6.45) is 0. The monoisotopic (exact) mass is 308 g/mol. The van der Waals surface area contributed by atoms with Crippen LogP contribution in [-0.4, -0.2) is 39.0 Å². The Balaban J connectivity index is 2.21. The standard InChI is InChI=1S/C15H20N2O3S/c1-10(8-18-2)16-15-17-13(9-21-15)12-6-5-11(19-3)7-14(12)20-4/h5-7,9-10H,8H2,1-4H3,(H,16,17)/t10-/m1/s1. The summed E-state index contributed by atoms with van der Waals surface area (Å²) in [6.45, 7) is 2.69. The van der Waals surface area contributed by atoms with Gasteiger partial charge in [-0.3, -0.25) is 0 Å². The molecule has 5 nitrogen and oxygen atoms in total. The van der Waals surface area contributed by atoms with Crippen molar-refractivity contribution in [3.05, 3.63) is 23.6 Å². The fourth-order valence-corrected chi connectivity index (χ4v) is 2.80. The molecule has 1 aromatic heterocycles. The van der Waals surface area contributed by atoms with E-state index in [1.165, 1.54) is 0 Å². The van der Waals surface area contributed by atoms with Crippen molar-refractivity contribution in [2.75, 3.05) is 33.3 Å². The number of nitrogens with one attached hydrogen (secondary N) is 1. The Bertz CT molecular complexity index is 586. The summed E-state index contributed by atoms with van der Waals surface area (Å²) in [4.78, 5) is 4.60. The van der Waals surface area contributed by atoms with Crippen LogP contribution in [0.2, 0.25) is 0 Å². The van der Waals surface area contributed by atoms with E-state index in [1.54, 1.807) is 32.7 Å². The normalized spacial score (nSPS) is 12.0. The van der Waals surface area contributed by atoms with Crippen LogP contribution in [0.1, 0.15) is 6.92 Å². The third kappa shape index (κ3) is 3.86. The molecule has 0 saturated carbocycles. The quantitative estimate of drug-likeness (QED) is 0.850. The topological polar surface area (TPSA) is 52.6 Å². The van der Waals surface area contributed by atoms with Crippen molar-refractivity contribution in [1.82, 2.24) is 4.98 Å². The van der Waals surface area contributed by atoms with E-state index in [0.29, 0.717) is 6.61 Å². The fraction of sp³-hybridized carbons (Fsp3) is 0.400. The van der Waals surface area contributed by atoms with E-state index in [9.17, 15) is 0 Å². The molecule has 0 radical (unpaired) electrons. The van der Waals surface area contributed by atoms with Gasteiger partial charge < -0.3 is 19.5 Å². The average Bonchev–Trinajstić information content (AvgIpc) is 2.94. The molecule has 1 heterocycles. The third-order valence-corrected chi connectivity index (χ3v) is 3.75. The van der Waals surface area contributed by atoms with E-state index in [1.807, 2.05) is 23.6 Å². The fourth-order valence-electron chi connectivity index (χ4n) is 1.98. The van der Waals surface area contributed by atoms with Gasteiger partial charge in [0.05, 0.1) is 26.5 Å². The van der Waals surface area contributed by atoms with Crippen molar-refractivity contribution in [3.63, 3.8) is 0 Å². The SMILES string of the molecule is COC[C@@H](C)Nc1nc(-c2ccc(OC)cc2OC)cs1. The summed E-state index contributed by atoms with van der Waals surface area (Å²) in [5.74, 6) is 1.51. The number of anilines is 1. The molecule has 0 saturated heterocycles. The lowest BCUT2D eigenvalue weighted by Gasteiger charge is -2.11. The lowest BCUT2D eigenvalue weighted by molar-refractivity contribution is 0.190. The van der Waals surface area contributed by atoms with Crippen molar-refractivity contribution in [2.24, 2.45) is 0 Å². The molecule has 1 N–H and O–H groups in total. The van der Waals surface area contributed by atoms with Gasteiger partial charge in [0.25, 0.3) is 0 Å². The predicted octanol–water partition coefficient (Wildman–Crippen LogP) is 3.27. The minimum atomic E-state index is 0.215. The van der Waals surface area contributed by atoms with Crippen LogP contribution in [0.15, 0.2) is 23.6 Å². The Morgan fingerprint density at radius 1 is 1.24 bits per heavy atom. The van der Waals surface area contributed by atoms with Gasteiger partial charge >= 0.3 is 0 Å². The predicted molar refractivity (Wildman–Crippen MR) is 85.6 cm³/mol. The zero-order chi connectivity index (χ0) is 15.2. The van der Waals surface area contributed by atoms with Gasteiger partial charge in [0.1, 0.15) is 11.5 Å². The van der Waals surface area contributed by atoms with Crippen molar-refractivity contribution >= 4 is 16.5 Å². The first-order valence-corrected chi connectivity index (χ1v) is 7.49. The van der Waals surface area contributed by atoms with Gasteiger partial charge in [0.2, 0.25) is 0 Å². The summed E-state index contributed by atoms with van der Waals surface area (Å²) in [7, 11) is 4.97. The van der Waals surface area contributed by atoms with E-state index in [0.717, 1.165) is 27.9 Å². The highest BCUT2D eigenvalue weighted by atomic mass is 32.1. The Kier molecular flexibility index (Phi) is 5.41. The lowest BCUT2D eigenvalue weighted by atomic mass is 10.1. The molecule has 114 valence electrons. The van der Waals surface area contributed by atoms with Gasteiger partial charge in [-0.25, -0.2) is 4.98 Å². The molecular weight excluding hydrogens is 288 g/mol. The second kappa shape index (κ2) is 7.28. The number of thiazole rings is 1. The number of aromatic nitrogens is 1. The number of ether oxygens (including phenoxy) is 3. The van der Waals surface area contributed by atoms with Gasteiger partial charge in [-0.05, 0) is 19.1 Å². The second-order valence-corrected chi connectivity index (χ2v) is 5.46. The number of rotatable bonds is 7. The molecule has 2 rings (SSSR count). The second-order valence-electron chi connectivity index (χ2n) is 4.60. The van der Waals surface area contributed by atoms with Crippen molar-refractivity contribution in [2.45, 2.75) is 13.0 Å². The molecule has 0 unspecified atom stereocenters. The number of benzene rings is 1. The summed E-state index contributed by atoms with van der Waals surface area (Å²) >= 11 is 1.56. The van der Waals surface area contributed by atoms with E-state index >= 15 is 0 Å². The molecule has 0 fully saturated rings. The largest absolute Gasteiger partial charge is 0.497 e. The maximum absolute atomic E-state index is 5.42. The molecule has 0 aliphatic heterocycles. The van der Waals surface area contributed by atoms with E-state index in [4.69, 9.17) is 14.2 Å². The maximum atomic E-state index is 5.42. The molecule has 0 bridgehead atoms. The smallest absolute Gasteiger partial charge is 0.183 e. The third-order valence-electron chi connectivity index (χ3n) is 2.98. The number of nitrogens with zero attached hydrogens (tertiary/aromatic N) is 1. The van der Waals surface area contributed by atoms with Crippen molar-refractivity contribution in [1.29, 1.82) is 0 Å². The summed E-state index contributed by atoms with van der Waals surface area (Å²) < 4.78 is 15.7. The molecule has 1 atom stereocenters. The van der Waals surface area contributed by atoms with Crippen molar-refractivity contribution < 1.29 is 14.2 Å². The van der Waals surface area contributed by atoms with Crippen LogP contribution in [-0.2, 0) is 4.74 Å². The molecule has 1 aromatic carbocycles. The van der Waals surface area contributed by atoms with Gasteiger partial charge in [-0.1, -0.05) is 0 Å². The average molecular weight is 308 g/mol.